The van der Waals surface area contributed by atoms with Crippen LogP contribution < -0.4 is 5.73 Å². The molecule has 2 aromatic carbocycles. The van der Waals surface area contributed by atoms with Crippen LogP contribution in [0.1, 0.15) is 0 Å². The molecule has 0 unspecified atom stereocenters. The number of benzene rings is 2. The van der Waals surface area contributed by atoms with Crippen LogP contribution >= 0.6 is 0 Å². The number of pyridine rings is 1. The maximum Gasteiger partial charge on any atom is 0.124 e. The fourth-order valence-corrected chi connectivity index (χ4v) is 2.07. The largest absolute Gasteiger partial charge is 0.399 e. The first kappa shape index (κ1) is 10.7. The minimum absolute atomic E-state index is 0.262. The van der Waals surface area contributed by atoms with Gasteiger partial charge in [-0.3, -0.25) is 4.98 Å². The highest BCUT2D eigenvalue weighted by atomic mass is 19.1. The topological polar surface area (TPSA) is 38.9 Å². The van der Waals surface area contributed by atoms with Crippen LogP contribution in [0.5, 0.6) is 0 Å². The minimum atomic E-state index is -0.262. The van der Waals surface area contributed by atoms with Crippen LogP contribution in [0, 0.1) is 5.82 Å². The summed E-state index contributed by atoms with van der Waals surface area (Å²) in [6, 6.07) is 12.3. The van der Waals surface area contributed by atoms with E-state index in [0.717, 1.165) is 21.9 Å². The van der Waals surface area contributed by atoms with Gasteiger partial charge < -0.3 is 5.73 Å². The molecule has 0 aliphatic heterocycles. The second kappa shape index (κ2) is 4.11. The zero-order valence-corrected chi connectivity index (χ0v) is 9.60. The van der Waals surface area contributed by atoms with Gasteiger partial charge in [0.25, 0.3) is 0 Å². The van der Waals surface area contributed by atoms with Crippen molar-refractivity contribution in [1.82, 2.24) is 4.98 Å². The smallest absolute Gasteiger partial charge is 0.124 e. The first-order chi connectivity index (χ1) is 8.74. The molecule has 1 heterocycles. The van der Waals surface area contributed by atoms with Crippen LogP contribution in [0.15, 0.2) is 54.9 Å². The lowest BCUT2D eigenvalue weighted by Gasteiger charge is -2.07. The molecule has 88 valence electrons. The van der Waals surface area contributed by atoms with Gasteiger partial charge in [0.2, 0.25) is 0 Å². The number of rotatable bonds is 1. The summed E-state index contributed by atoms with van der Waals surface area (Å²) in [4.78, 5) is 4.02. The predicted molar refractivity (Wildman–Crippen MR) is 71.5 cm³/mol. The number of hydrogen-bond acceptors (Lipinski definition) is 2. The Morgan fingerprint density at radius 3 is 2.56 bits per heavy atom. The highest BCUT2D eigenvalue weighted by Gasteiger charge is 2.06. The fraction of sp³-hybridized carbons (Fsp3) is 0. The van der Waals surface area contributed by atoms with Crippen molar-refractivity contribution >= 4 is 16.5 Å². The highest BCUT2D eigenvalue weighted by Crippen LogP contribution is 2.29. The average Bonchev–Trinajstić information content (AvgIpc) is 2.38. The number of nitrogens with two attached hydrogens (primary N) is 1. The molecule has 0 saturated carbocycles. The molecule has 18 heavy (non-hydrogen) atoms. The highest BCUT2D eigenvalue weighted by molar-refractivity contribution is 5.96. The van der Waals surface area contributed by atoms with Crippen LogP contribution in [-0.2, 0) is 0 Å². The fourth-order valence-electron chi connectivity index (χ4n) is 2.07. The van der Waals surface area contributed by atoms with Crippen LogP contribution in [0.3, 0.4) is 0 Å². The Labute approximate surface area is 104 Å². The number of aromatic nitrogens is 1. The normalized spacial score (nSPS) is 10.7. The summed E-state index contributed by atoms with van der Waals surface area (Å²) in [5.74, 6) is -0.262. The third kappa shape index (κ3) is 1.80. The molecule has 0 fully saturated rings. The van der Waals surface area contributed by atoms with E-state index in [9.17, 15) is 4.39 Å². The van der Waals surface area contributed by atoms with Gasteiger partial charge in [0, 0.05) is 23.5 Å². The number of anilines is 1. The Morgan fingerprint density at radius 1 is 1.00 bits per heavy atom. The molecular weight excluding hydrogens is 227 g/mol. The van der Waals surface area contributed by atoms with Crippen molar-refractivity contribution < 1.29 is 4.39 Å². The van der Waals surface area contributed by atoms with Crippen LogP contribution in [0.4, 0.5) is 10.1 Å². The van der Waals surface area contributed by atoms with Gasteiger partial charge in [0.15, 0.2) is 0 Å². The molecule has 3 heteroatoms. The summed E-state index contributed by atoms with van der Waals surface area (Å²) in [6.45, 7) is 0. The molecule has 2 nitrogen and oxygen atoms in total. The van der Waals surface area contributed by atoms with E-state index in [2.05, 4.69) is 4.98 Å². The molecule has 3 rings (SSSR count). The van der Waals surface area contributed by atoms with E-state index in [0.29, 0.717) is 5.69 Å². The molecule has 0 radical (unpaired) electrons. The lowest BCUT2D eigenvalue weighted by Crippen LogP contribution is -1.87. The van der Waals surface area contributed by atoms with Crippen molar-refractivity contribution in [3.05, 3.63) is 60.7 Å². The van der Waals surface area contributed by atoms with Crippen LogP contribution in [0.25, 0.3) is 21.9 Å². The maximum absolute atomic E-state index is 13.6. The van der Waals surface area contributed by atoms with E-state index in [4.69, 9.17) is 5.73 Å². The van der Waals surface area contributed by atoms with Crippen molar-refractivity contribution in [1.29, 1.82) is 0 Å². The van der Waals surface area contributed by atoms with Crippen molar-refractivity contribution in [2.75, 3.05) is 5.73 Å². The first-order valence-corrected chi connectivity index (χ1v) is 5.63. The first-order valence-electron chi connectivity index (χ1n) is 5.63. The van der Waals surface area contributed by atoms with E-state index in [1.165, 1.54) is 12.1 Å². The number of nitrogen functional groups attached to an aromatic ring is 1. The van der Waals surface area contributed by atoms with Crippen molar-refractivity contribution in [3.8, 4) is 11.1 Å². The van der Waals surface area contributed by atoms with Gasteiger partial charge in [0.05, 0.1) is 0 Å². The van der Waals surface area contributed by atoms with Crippen molar-refractivity contribution in [2.45, 2.75) is 0 Å². The molecular formula is C15H11FN2. The summed E-state index contributed by atoms with van der Waals surface area (Å²) in [5, 5.41) is 1.78. The summed E-state index contributed by atoms with van der Waals surface area (Å²) < 4.78 is 13.6. The second-order valence-electron chi connectivity index (χ2n) is 4.17. The number of hydrogen-bond donors (Lipinski definition) is 1. The molecule has 0 spiro atoms. The third-order valence-corrected chi connectivity index (χ3v) is 2.94. The number of halogens is 1. The van der Waals surface area contributed by atoms with Crippen molar-refractivity contribution in [2.24, 2.45) is 0 Å². The SMILES string of the molecule is Nc1ccc(-c2cc(F)cc3cnccc23)cc1. The monoisotopic (exact) mass is 238 g/mol. The zero-order chi connectivity index (χ0) is 12.5. The van der Waals surface area contributed by atoms with Gasteiger partial charge in [-0.25, -0.2) is 4.39 Å². The number of nitrogens with zero attached hydrogens (tertiary/aromatic N) is 1. The molecule has 1 aromatic heterocycles. The number of fused-ring (bicyclic) bond motifs is 1. The molecule has 0 aliphatic rings. The van der Waals surface area contributed by atoms with E-state index >= 15 is 0 Å². The zero-order valence-electron chi connectivity index (χ0n) is 9.60. The summed E-state index contributed by atoms with van der Waals surface area (Å²) in [7, 11) is 0. The van der Waals surface area contributed by atoms with Gasteiger partial charge in [-0.15, -0.1) is 0 Å². The van der Waals surface area contributed by atoms with Crippen molar-refractivity contribution in [3.63, 3.8) is 0 Å². The molecule has 0 saturated heterocycles. The van der Waals surface area contributed by atoms with E-state index in [1.807, 2.05) is 30.3 Å². The predicted octanol–water partition coefficient (Wildman–Crippen LogP) is 3.62. The van der Waals surface area contributed by atoms with Gasteiger partial charge in [-0.05, 0) is 46.8 Å². The lowest BCUT2D eigenvalue weighted by atomic mass is 9.99. The minimum Gasteiger partial charge on any atom is -0.399 e. The standard InChI is InChI=1S/C15H11FN2/c16-12-7-11-9-18-6-5-14(11)15(8-12)10-1-3-13(17)4-2-10/h1-9H,17H2. The molecule has 0 amide bonds. The average molecular weight is 238 g/mol. The van der Waals surface area contributed by atoms with E-state index in [1.54, 1.807) is 12.4 Å². The lowest BCUT2D eigenvalue weighted by molar-refractivity contribution is 0.630. The van der Waals surface area contributed by atoms with E-state index < -0.39 is 0 Å². The molecule has 3 aromatic rings. The Hall–Kier alpha value is -2.42. The summed E-state index contributed by atoms with van der Waals surface area (Å²) in [6.07, 6.45) is 3.38. The van der Waals surface area contributed by atoms with Gasteiger partial charge in [-0.1, -0.05) is 12.1 Å². The van der Waals surface area contributed by atoms with Crippen LogP contribution in [-0.4, -0.2) is 4.98 Å². The van der Waals surface area contributed by atoms with E-state index in [-0.39, 0.29) is 5.82 Å². The maximum atomic E-state index is 13.6. The molecule has 0 aliphatic carbocycles. The Balaban J connectivity index is 2.31. The van der Waals surface area contributed by atoms with Gasteiger partial charge >= 0.3 is 0 Å². The molecule has 2 N–H and O–H groups in total. The summed E-state index contributed by atoms with van der Waals surface area (Å²) in [5.41, 5.74) is 8.16. The molecule has 0 bridgehead atoms. The van der Waals surface area contributed by atoms with Gasteiger partial charge in [-0.2, -0.15) is 0 Å². The van der Waals surface area contributed by atoms with Gasteiger partial charge in [0.1, 0.15) is 5.82 Å². The summed E-state index contributed by atoms with van der Waals surface area (Å²) >= 11 is 0. The Bertz CT molecular complexity index is 705. The quantitative estimate of drug-likeness (QED) is 0.657. The van der Waals surface area contributed by atoms with Crippen LogP contribution in [0.2, 0.25) is 0 Å². The molecule has 0 atom stereocenters. The Kier molecular flexibility index (Phi) is 2.45. The third-order valence-electron chi connectivity index (χ3n) is 2.94. The second-order valence-corrected chi connectivity index (χ2v) is 4.17. The Morgan fingerprint density at radius 2 is 1.78 bits per heavy atom.